The van der Waals surface area contributed by atoms with Crippen molar-refractivity contribution in [3.05, 3.63) is 77.4 Å². The third-order valence-corrected chi connectivity index (χ3v) is 7.10. The van der Waals surface area contributed by atoms with Crippen LogP contribution in [0.3, 0.4) is 0 Å². The standard InChI is InChI=1S/C21H23N5O3S/c1-25-20-10-13-26(30(28,29)17-7-3-2-4-8-17)15-18(20)19(24-25)9-12-23-21(27)16-6-5-11-22-14-16/h2-8,11,14H,9-10,12-13,15H2,1H3,(H,23,27). The topological polar surface area (TPSA) is 97.2 Å². The van der Waals surface area contributed by atoms with Crippen LogP contribution in [0.15, 0.2) is 59.8 Å². The Balaban J connectivity index is 1.47. The lowest BCUT2D eigenvalue weighted by Crippen LogP contribution is -2.36. The van der Waals surface area contributed by atoms with Crippen LogP contribution in [0.4, 0.5) is 0 Å². The van der Waals surface area contributed by atoms with E-state index in [0.717, 1.165) is 17.0 Å². The van der Waals surface area contributed by atoms with Crippen LogP contribution in [0.1, 0.15) is 27.3 Å². The summed E-state index contributed by atoms with van der Waals surface area (Å²) in [6, 6.07) is 11.9. The molecule has 1 N–H and O–H groups in total. The van der Waals surface area contributed by atoms with E-state index in [1.165, 1.54) is 10.5 Å². The highest BCUT2D eigenvalue weighted by Crippen LogP contribution is 2.27. The second-order valence-corrected chi connectivity index (χ2v) is 9.08. The minimum atomic E-state index is -3.56. The summed E-state index contributed by atoms with van der Waals surface area (Å²) >= 11 is 0. The molecule has 1 aliphatic rings. The number of carbonyl (C=O) groups is 1. The molecule has 0 fully saturated rings. The molecule has 1 amide bonds. The minimum absolute atomic E-state index is 0.193. The van der Waals surface area contributed by atoms with Gasteiger partial charge in [-0.3, -0.25) is 14.5 Å². The summed E-state index contributed by atoms with van der Waals surface area (Å²) in [4.78, 5) is 16.4. The molecule has 0 unspecified atom stereocenters. The molecule has 0 spiro atoms. The van der Waals surface area contributed by atoms with Crippen molar-refractivity contribution >= 4 is 15.9 Å². The number of amides is 1. The Labute approximate surface area is 175 Å². The highest BCUT2D eigenvalue weighted by atomic mass is 32.2. The van der Waals surface area contributed by atoms with Crippen molar-refractivity contribution in [2.45, 2.75) is 24.3 Å². The fraction of sp³-hybridized carbons (Fsp3) is 0.286. The number of pyridine rings is 1. The molecular formula is C21H23N5O3S. The Bertz CT molecular complexity index is 1140. The van der Waals surface area contributed by atoms with Crippen LogP contribution in [-0.4, -0.2) is 46.5 Å². The van der Waals surface area contributed by atoms with Gasteiger partial charge in [-0.25, -0.2) is 8.42 Å². The molecule has 0 aliphatic carbocycles. The lowest BCUT2D eigenvalue weighted by Gasteiger charge is -2.27. The number of hydrogen-bond acceptors (Lipinski definition) is 5. The molecule has 9 heteroatoms. The summed E-state index contributed by atoms with van der Waals surface area (Å²) in [5.74, 6) is -0.193. The number of hydrogen-bond donors (Lipinski definition) is 1. The van der Waals surface area contributed by atoms with Crippen LogP contribution in [0.2, 0.25) is 0 Å². The Morgan fingerprint density at radius 3 is 2.70 bits per heavy atom. The van der Waals surface area contributed by atoms with E-state index in [0.29, 0.717) is 36.4 Å². The highest BCUT2D eigenvalue weighted by molar-refractivity contribution is 7.89. The second-order valence-electron chi connectivity index (χ2n) is 7.14. The fourth-order valence-corrected chi connectivity index (χ4v) is 5.12. The molecular weight excluding hydrogens is 402 g/mol. The van der Waals surface area contributed by atoms with E-state index in [2.05, 4.69) is 15.4 Å². The van der Waals surface area contributed by atoms with Gasteiger partial charge < -0.3 is 5.32 Å². The molecule has 1 aliphatic heterocycles. The summed E-state index contributed by atoms with van der Waals surface area (Å²) < 4.78 is 29.3. The maximum absolute atomic E-state index is 13.0. The SMILES string of the molecule is Cn1nc(CCNC(=O)c2cccnc2)c2c1CCN(S(=O)(=O)c1ccccc1)C2. The van der Waals surface area contributed by atoms with Crippen LogP contribution in [0.25, 0.3) is 0 Å². The van der Waals surface area contributed by atoms with Crippen molar-refractivity contribution < 1.29 is 13.2 Å². The predicted molar refractivity (Wildman–Crippen MR) is 111 cm³/mol. The zero-order valence-corrected chi connectivity index (χ0v) is 17.5. The minimum Gasteiger partial charge on any atom is -0.352 e. The highest BCUT2D eigenvalue weighted by Gasteiger charge is 2.31. The summed E-state index contributed by atoms with van der Waals surface area (Å²) in [5, 5.41) is 7.45. The number of rotatable bonds is 6. The number of aryl methyl sites for hydroxylation is 1. The van der Waals surface area contributed by atoms with Crippen LogP contribution < -0.4 is 5.32 Å². The Kier molecular flexibility index (Phi) is 5.65. The molecule has 8 nitrogen and oxygen atoms in total. The van der Waals surface area contributed by atoms with E-state index >= 15 is 0 Å². The van der Waals surface area contributed by atoms with Gasteiger partial charge in [0.1, 0.15) is 0 Å². The normalized spacial score (nSPS) is 14.3. The van der Waals surface area contributed by atoms with E-state index in [4.69, 9.17) is 0 Å². The van der Waals surface area contributed by atoms with Crippen molar-refractivity contribution in [2.75, 3.05) is 13.1 Å². The molecule has 0 radical (unpaired) electrons. The van der Waals surface area contributed by atoms with E-state index in [9.17, 15) is 13.2 Å². The fourth-order valence-electron chi connectivity index (χ4n) is 3.69. The molecule has 2 aromatic heterocycles. The molecule has 30 heavy (non-hydrogen) atoms. The molecule has 3 aromatic rings. The maximum Gasteiger partial charge on any atom is 0.252 e. The summed E-state index contributed by atoms with van der Waals surface area (Å²) in [7, 11) is -1.69. The number of nitrogens with one attached hydrogen (secondary N) is 1. The molecule has 1 aromatic carbocycles. The third-order valence-electron chi connectivity index (χ3n) is 5.24. The smallest absolute Gasteiger partial charge is 0.252 e. The van der Waals surface area contributed by atoms with Gasteiger partial charge in [0.05, 0.1) is 16.2 Å². The van der Waals surface area contributed by atoms with Crippen LogP contribution in [-0.2, 0) is 36.5 Å². The van der Waals surface area contributed by atoms with Gasteiger partial charge in [-0.1, -0.05) is 18.2 Å². The second kappa shape index (κ2) is 8.37. The van der Waals surface area contributed by atoms with Gasteiger partial charge in [0, 0.05) is 63.2 Å². The van der Waals surface area contributed by atoms with Crippen molar-refractivity contribution in [2.24, 2.45) is 7.05 Å². The number of fused-ring (bicyclic) bond motifs is 1. The molecule has 0 atom stereocenters. The first-order valence-corrected chi connectivity index (χ1v) is 11.2. The predicted octanol–water partition coefficient (Wildman–Crippen LogP) is 1.53. The molecule has 0 saturated carbocycles. The lowest BCUT2D eigenvalue weighted by atomic mass is 10.1. The Morgan fingerprint density at radius 2 is 1.97 bits per heavy atom. The molecule has 3 heterocycles. The zero-order chi connectivity index (χ0) is 21.1. The van der Waals surface area contributed by atoms with Crippen molar-refractivity contribution in [1.82, 2.24) is 24.4 Å². The summed E-state index contributed by atoms with van der Waals surface area (Å²) in [6.07, 6.45) is 4.26. The molecule has 0 saturated heterocycles. The average molecular weight is 426 g/mol. The van der Waals surface area contributed by atoms with Crippen LogP contribution >= 0.6 is 0 Å². The summed E-state index contributed by atoms with van der Waals surface area (Å²) in [5.41, 5.74) is 3.29. The first-order valence-electron chi connectivity index (χ1n) is 9.74. The lowest BCUT2D eigenvalue weighted by molar-refractivity contribution is 0.0953. The van der Waals surface area contributed by atoms with Gasteiger partial charge in [0.2, 0.25) is 10.0 Å². The van der Waals surface area contributed by atoms with Gasteiger partial charge in [0.15, 0.2) is 0 Å². The van der Waals surface area contributed by atoms with Crippen LogP contribution in [0.5, 0.6) is 0 Å². The Morgan fingerprint density at radius 1 is 1.17 bits per heavy atom. The number of nitrogens with zero attached hydrogens (tertiary/aromatic N) is 4. The molecule has 4 rings (SSSR count). The average Bonchev–Trinajstić information content (AvgIpc) is 3.10. The Hall–Kier alpha value is -3.04. The third kappa shape index (κ3) is 3.99. The first kappa shape index (κ1) is 20.2. The number of benzene rings is 1. The van der Waals surface area contributed by atoms with Gasteiger partial charge in [-0.2, -0.15) is 9.40 Å². The van der Waals surface area contributed by atoms with E-state index in [-0.39, 0.29) is 12.5 Å². The van der Waals surface area contributed by atoms with Crippen molar-refractivity contribution in [3.63, 3.8) is 0 Å². The van der Waals surface area contributed by atoms with Gasteiger partial charge in [0.25, 0.3) is 5.91 Å². The van der Waals surface area contributed by atoms with Crippen molar-refractivity contribution in [3.8, 4) is 0 Å². The first-order chi connectivity index (χ1) is 14.5. The monoisotopic (exact) mass is 425 g/mol. The van der Waals surface area contributed by atoms with E-state index < -0.39 is 10.0 Å². The van der Waals surface area contributed by atoms with Gasteiger partial charge in [-0.05, 0) is 24.3 Å². The largest absolute Gasteiger partial charge is 0.352 e. The maximum atomic E-state index is 13.0. The van der Waals surface area contributed by atoms with Gasteiger partial charge >= 0.3 is 0 Å². The van der Waals surface area contributed by atoms with Crippen molar-refractivity contribution in [1.29, 1.82) is 0 Å². The van der Waals surface area contributed by atoms with E-state index in [1.54, 1.807) is 48.7 Å². The summed E-state index contributed by atoms with van der Waals surface area (Å²) in [6.45, 7) is 1.11. The van der Waals surface area contributed by atoms with Crippen LogP contribution in [0, 0.1) is 0 Å². The quantitative estimate of drug-likeness (QED) is 0.646. The molecule has 156 valence electrons. The van der Waals surface area contributed by atoms with E-state index in [1.807, 2.05) is 11.7 Å². The molecule has 0 bridgehead atoms. The number of carbonyl (C=O) groups excluding carboxylic acids is 1. The van der Waals surface area contributed by atoms with Gasteiger partial charge in [-0.15, -0.1) is 0 Å². The zero-order valence-electron chi connectivity index (χ0n) is 16.7. The number of sulfonamides is 1. The number of aromatic nitrogens is 3.